The van der Waals surface area contributed by atoms with Gasteiger partial charge in [-0.1, -0.05) is 0 Å². The van der Waals surface area contributed by atoms with E-state index in [1.54, 1.807) is 0 Å². The summed E-state index contributed by atoms with van der Waals surface area (Å²) in [7, 11) is 0. The average molecular weight is 186 g/mol. The average Bonchev–Trinajstić information content (AvgIpc) is 2.63. The van der Waals surface area contributed by atoms with Gasteiger partial charge in [-0.15, -0.1) is 0 Å². The summed E-state index contributed by atoms with van der Waals surface area (Å²) in [5, 5.41) is 26.8. The van der Waals surface area contributed by atoms with E-state index in [1.807, 2.05) is 0 Å². The molecule has 0 saturated heterocycles. The fraction of sp³-hybridized carbons (Fsp3) is 0.375. The van der Waals surface area contributed by atoms with Crippen LogP contribution in [0.1, 0.15) is 22.4 Å². The minimum atomic E-state index is -1.31. The number of furan rings is 1. The van der Waals surface area contributed by atoms with Crippen molar-refractivity contribution in [1.82, 2.24) is 0 Å². The van der Waals surface area contributed by atoms with E-state index < -0.39 is 18.8 Å². The molecule has 3 N–H and O–H groups in total. The molecule has 1 rings (SSSR count). The zero-order valence-electron chi connectivity index (χ0n) is 6.75. The third-order valence-corrected chi connectivity index (χ3v) is 1.61. The van der Waals surface area contributed by atoms with E-state index in [2.05, 4.69) is 0 Å². The molecule has 0 bridgehead atoms. The number of hydrogen-bond donors (Lipinski definition) is 3. The molecule has 13 heavy (non-hydrogen) atoms. The lowest BCUT2D eigenvalue weighted by Crippen LogP contribution is -2.21. The Hall–Kier alpha value is -1.17. The Morgan fingerprint density at radius 3 is 2.62 bits per heavy atom. The first kappa shape index (κ1) is 9.91. The molecule has 0 aromatic carbocycles. The third-order valence-electron chi connectivity index (χ3n) is 1.61. The monoisotopic (exact) mass is 186 g/mol. The predicted octanol–water partition coefficient (Wildman–Crippen LogP) is -0.521. The molecule has 5 heteroatoms. The fourth-order valence-corrected chi connectivity index (χ4v) is 0.880. The van der Waals surface area contributed by atoms with Gasteiger partial charge in [-0.3, -0.25) is 4.79 Å². The molecule has 5 nitrogen and oxygen atoms in total. The molecule has 2 unspecified atom stereocenters. The largest absolute Gasteiger partial charge is 0.455 e. The van der Waals surface area contributed by atoms with Crippen LogP contribution in [0.5, 0.6) is 0 Å². The fourth-order valence-electron chi connectivity index (χ4n) is 0.880. The van der Waals surface area contributed by atoms with Crippen LogP contribution in [0.2, 0.25) is 0 Å². The Balaban J connectivity index is 2.76. The third kappa shape index (κ3) is 2.15. The smallest absolute Gasteiger partial charge is 0.185 e. The maximum absolute atomic E-state index is 10.2. The van der Waals surface area contributed by atoms with Gasteiger partial charge in [0.05, 0.1) is 6.61 Å². The molecular weight excluding hydrogens is 176 g/mol. The predicted molar refractivity (Wildman–Crippen MR) is 42.1 cm³/mol. The lowest BCUT2D eigenvalue weighted by Gasteiger charge is -2.12. The Labute approximate surface area is 74.2 Å². The van der Waals surface area contributed by atoms with Gasteiger partial charge in [-0.2, -0.15) is 0 Å². The number of rotatable bonds is 4. The van der Waals surface area contributed by atoms with E-state index in [1.165, 1.54) is 12.1 Å². The maximum Gasteiger partial charge on any atom is 0.185 e. The lowest BCUT2D eigenvalue weighted by atomic mass is 10.2. The Morgan fingerprint density at radius 2 is 2.15 bits per heavy atom. The highest BCUT2D eigenvalue weighted by atomic mass is 16.4. The molecule has 1 aromatic heterocycles. The Kier molecular flexibility index (Phi) is 3.18. The summed E-state index contributed by atoms with van der Waals surface area (Å²) < 4.78 is 4.83. The van der Waals surface area contributed by atoms with Crippen LogP contribution in [-0.4, -0.2) is 34.3 Å². The lowest BCUT2D eigenvalue weighted by molar-refractivity contribution is -0.0253. The standard InChI is InChI=1S/C8H10O5/c9-3-5-1-2-7(13-5)8(12)6(11)4-10/h1-3,6,8,10-12H,4H2. The van der Waals surface area contributed by atoms with E-state index in [9.17, 15) is 9.90 Å². The van der Waals surface area contributed by atoms with Gasteiger partial charge in [0.15, 0.2) is 12.0 Å². The molecule has 72 valence electrons. The molecule has 1 aromatic rings. The van der Waals surface area contributed by atoms with Crippen molar-refractivity contribution in [2.45, 2.75) is 12.2 Å². The minimum absolute atomic E-state index is 0.0589. The second kappa shape index (κ2) is 4.18. The zero-order valence-corrected chi connectivity index (χ0v) is 6.75. The Bertz CT molecular complexity index is 280. The molecule has 0 aliphatic heterocycles. The van der Waals surface area contributed by atoms with Crippen molar-refractivity contribution in [1.29, 1.82) is 0 Å². The van der Waals surface area contributed by atoms with Gasteiger partial charge in [0.25, 0.3) is 0 Å². The highest BCUT2D eigenvalue weighted by Gasteiger charge is 2.20. The van der Waals surface area contributed by atoms with Crippen molar-refractivity contribution in [3.8, 4) is 0 Å². The van der Waals surface area contributed by atoms with Crippen molar-refractivity contribution in [3.05, 3.63) is 23.7 Å². The molecule has 1 heterocycles. The van der Waals surface area contributed by atoms with Gasteiger partial charge in [0.2, 0.25) is 0 Å². The summed E-state index contributed by atoms with van der Waals surface area (Å²) in [6.45, 7) is -0.571. The Morgan fingerprint density at radius 1 is 1.46 bits per heavy atom. The molecule has 0 amide bonds. The number of carbonyl (C=O) groups excluding carboxylic acids is 1. The van der Waals surface area contributed by atoms with Crippen LogP contribution in [0.15, 0.2) is 16.5 Å². The molecule has 0 fully saturated rings. The summed E-state index contributed by atoms with van der Waals surface area (Å²) in [5.74, 6) is 0.128. The van der Waals surface area contributed by atoms with Gasteiger partial charge in [-0.25, -0.2) is 0 Å². The highest BCUT2D eigenvalue weighted by Crippen LogP contribution is 2.18. The van der Waals surface area contributed by atoms with E-state index in [-0.39, 0.29) is 11.5 Å². The first-order valence-electron chi connectivity index (χ1n) is 3.71. The van der Waals surface area contributed by atoms with Crippen molar-refractivity contribution in [2.75, 3.05) is 6.61 Å². The highest BCUT2D eigenvalue weighted by molar-refractivity contribution is 5.70. The summed E-state index contributed by atoms with van der Waals surface area (Å²) in [6.07, 6.45) is -2.12. The molecule has 0 aliphatic carbocycles. The molecular formula is C8H10O5. The van der Waals surface area contributed by atoms with Gasteiger partial charge >= 0.3 is 0 Å². The summed E-state index contributed by atoms with van der Waals surface area (Å²) >= 11 is 0. The van der Waals surface area contributed by atoms with Crippen LogP contribution in [0, 0.1) is 0 Å². The van der Waals surface area contributed by atoms with Crippen LogP contribution in [0.25, 0.3) is 0 Å². The normalized spacial score (nSPS) is 15.3. The summed E-state index contributed by atoms with van der Waals surface area (Å²) in [5.41, 5.74) is 0. The van der Waals surface area contributed by atoms with Crippen LogP contribution >= 0.6 is 0 Å². The van der Waals surface area contributed by atoms with Crippen molar-refractivity contribution in [3.63, 3.8) is 0 Å². The number of carbonyl (C=O) groups is 1. The summed E-state index contributed by atoms with van der Waals surface area (Å²) in [6, 6.07) is 2.74. The van der Waals surface area contributed by atoms with E-state index >= 15 is 0 Å². The number of aldehydes is 1. The second-order valence-corrected chi connectivity index (χ2v) is 2.55. The summed E-state index contributed by atoms with van der Waals surface area (Å²) in [4.78, 5) is 10.2. The van der Waals surface area contributed by atoms with Crippen LogP contribution < -0.4 is 0 Å². The number of aliphatic hydroxyl groups excluding tert-OH is 3. The molecule has 0 spiro atoms. The topological polar surface area (TPSA) is 90.9 Å². The van der Waals surface area contributed by atoms with Crippen LogP contribution in [0.4, 0.5) is 0 Å². The van der Waals surface area contributed by atoms with Gasteiger partial charge in [0, 0.05) is 0 Å². The van der Waals surface area contributed by atoms with Crippen molar-refractivity contribution >= 4 is 6.29 Å². The number of hydrogen-bond acceptors (Lipinski definition) is 5. The minimum Gasteiger partial charge on any atom is -0.455 e. The second-order valence-electron chi connectivity index (χ2n) is 2.55. The molecule has 2 atom stereocenters. The van der Waals surface area contributed by atoms with Gasteiger partial charge in [-0.05, 0) is 12.1 Å². The molecule has 0 aliphatic rings. The van der Waals surface area contributed by atoms with Gasteiger partial charge in [0.1, 0.15) is 18.0 Å². The quantitative estimate of drug-likeness (QED) is 0.550. The van der Waals surface area contributed by atoms with Crippen molar-refractivity contribution < 1.29 is 24.5 Å². The van der Waals surface area contributed by atoms with Crippen molar-refractivity contribution in [2.24, 2.45) is 0 Å². The van der Waals surface area contributed by atoms with Crippen LogP contribution in [-0.2, 0) is 0 Å². The molecule has 0 saturated carbocycles. The molecule has 0 radical (unpaired) electrons. The first-order chi connectivity index (χ1) is 6.19. The van der Waals surface area contributed by atoms with E-state index in [0.29, 0.717) is 6.29 Å². The maximum atomic E-state index is 10.2. The first-order valence-corrected chi connectivity index (χ1v) is 3.71. The number of aliphatic hydroxyl groups is 3. The van der Waals surface area contributed by atoms with E-state index in [4.69, 9.17) is 14.6 Å². The van der Waals surface area contributed by atoms with Crippen LogP contribution in [0.3, 0.4) is 0 Å². The van der Waals surface area contributed by atoms with Gasteiger partial charge < -0.3 is 19.7 Å². The zero-order chi connectivity index (χ0) is 9.84. The SMILES string of the molecule is O=Cc1ccc(C(O)C(O)CO)o1. The van der Waals surface area contributed by atoms with E-state index in [0.717, 1.165) is 0 Å².